The van der Waals surface area contributed by atoms with Crippen molar-refractivity contribution in [1.29, 1.82) is 0 Å². The van der Waals surface area contributed by atoms with Gasteiger partial charge in [-0.05, 0) is 55.0 Å². The zero-order valence-corrected chi connectivity index (χ0v) is 15.6. The van der Waals surface area contributed by atoms with Gasteiger partial charge in [0.2, 0.25) is 10.0 Å². The van der Waals surface area contributed by atoms with Gasteiger partial charge in [0, 0.05) is 41.9 Å². The van der Waals surface area contributed by atoms with E-state index in [4.69, 9.17) is 23.2 Å². The lowest BCUT2D eigenvalue weighted by Crippen LogP contribution is -2.48. The summed E-state index contributed by atoms with van der Waals surface area (Å²) >= 11 is 11.8. The minimum absolute atomic E-state index is 0.281. The highest BCUT2D eigenvalue weighted by Crippen LogP contribution is 2.26. The van der Waals surface area contributed by atoms with Crippen LogP contribution < -0.4 is 4.90 Å². The van der Waals surface area contributed by atoms with Crippen molar-refractivity contribution < 1.29 is 8.42 Å². The minimum Gasteiger partial charge on any atom is -0.369 e. The van der Waals surface area contributed by atoms with Crippen molar-refractivity contribution in [3.8, 4) is 0 Å². The molecule has 2 aromatic carbocycles. The summed E-state index contributed by atoms with van der Waals surface area (Å²) in [7, 11) is -3.47. The molecule has 0 aliphatic carbocycles. The Balaban J connectivity index is 1.73. The second-order valence-electron chi connectivity index (χ2n) is 5.78. The van der Waals surface area contributed by atoms with Gasteiger partial charge in [0.1, 0.15) is 0 Å². The van der Waals surface area contributed by atoms with E-state index in [1.807, 2.05) is 25.1 Å². The van der Waals surface area contributed by atoms with Crippen LogP contribution in [0.4, 0.5) is 5.69 Å². The van der Waals surface area contributed by atoms with Crippen LogP contribution in [-0.4, -0.2) is 38.9 Å². The summed E-state index contributed by atoms with van der Waals surface area (Å²) in [6.07, 6.45) is 0. The third kappa shape index (κ3) is 3.54. The molecule has 3 rings (SSSR count). The van der Waals surface area contributed by atoms with Crippen molar-refractivity contribution in [2.24, 2.45) is 0 Å². The van der Waals surface area contributed by atoms with Crippen molar-refractivity contribution in [3.05, 3.63) is 58.1 Å². The Labute approximate surface area is 152 Å². The molecule has 0 amide bonds. The SMILES string of the molecule is Cc1cc(Cl)ccc1N1CCN(S(=O)(=O)c2ccc(Cl)cc2)CC1. The molecule has 0 spiro atoms. The molecule has 1 saturated heterocycles. The van der Waals surface area contributed by atoms with E-state index in [9.17, 15) is 8.42 Å². The standard InChI is InChI=1S/C17H18Cl2N2O2S/c1-13-12-15(19)4-7-17(13)20-8-10-21(11-9-20)24(22,23)16-5-2-14(18)3-6-16/h2-7,12H,8-11H2,1H3. The third-order valence-electron chi connectivity index (χ3n) is 4.19. The minimum atomic E-state index is -3.47. The summed E-state index contributed by atoms with van der Waals surface area (Å²) < 4.78 is 26.9. The number of anilines is 1. The van der Waals surface area contributed by atoms with E-state index in [2.05, 4.69) is 4.90 Å². The van der Waals surface area contributed by atoms with Gasteiger partial charge in [0.15, 0.2) is 0 Å². The maximum Gasteiger partial charge on any atom is 0.243 e. The largest absolute Gasteiger partial charge is 0.369 e. The number of hydrogen-bond donors (Lipinski definition) is 0. The molecule has 128 valence electrons. The van der Waals surface area contributed by atoms with Gasteiger partial charge in [-0.1, -0.05) is 23.2 Å². The van der Waals surface area contributed by atoms with Crippen LogP contribution in [0.2, 0.25) is 10.0 Å². The number of aryl methyl sites for hydroxylation is 1. The van der Waals surface area contributed by atoms with E-state index in [1.165, 1.54) is 4.31 Å². The molecule has 0 N–H and O–H groups in total. The molecule has 1 fully saturated rings. The fourth-order valence-corrected chi connectivity index (χ4v) is 4.67. The molecule has 0 unspecified atom stereocenters. The summed E-state index contributed by atoms with van der Waals surface area (Å²) in [5, 5.41) is 1.23. The first-order valence-corrected chi connectivity index (χ1v) is 9.84. The second kappa shape index (κ2) is 6.92. The molecule has 7 heteroatoms. The summed E-state index contributed by atoms with van der Waals surface area (Å²) in [5.41, 5.74) is 2.19. The molecule has 1 heterocycles. The van der Waals surface area contributed by atoms with Gasteiger partial charge in [-0.3, -0.25) is 0 Å². The molecular formula is C17H18Cl2N2O2S. The first-order valence-electron chi connectivity index (χ1n) is 7.65. The number of halogens is 2. The quantitative estimate of drug-likeness (QED) is 0.807. The lowest BCUT2D eigenvalue weighted by molar-refractivity contribution is 0.385. The first-order chi connectivity index (χ1) is 11.4. The molecule has 4 nitrogen and oxygen atoms in total. The second-order valence-corrected chi connectivity index (χ2v) is 8.59. The van der Waals surface area contributed by atoms with Crippen LogP contribution in [0.1, 0.15) is 5.56 Å². The lowest BCUT2D eigenvalue weighted by atomic mass is 10.1. The summed E-state index contributed by atoms with van der Waals surface area (Å²) in [6, 6.07) is 12.1. The lowest BCUT2D eigenvalue weighted by Gasteiger charge is -2.36. The van der Waals surface area contributed by atoms with Crippen LogP contribution in [-0.2, 0) is 10.0 Å². The predicted molar refractivity (Wildman–Crippen MR) is 98.6 cm³/mol. The van der Waals surface area contributed by atoms with Gasteiger partial charge in [0.05, 0.1) is 4.90 Å². The third-order valence-corrected chi connectivity index (χ3v) is 6.59. The molecule has 0 saturated carbocycles. The summed E-state index contributed by atoms with van der Waals surface area (Å²) in [6.45, 7) is 4.21. The molecule has 1 aliphatic heterocycles. The number of sulfonamides is 1. The van der Waals surface area contributed by atoms with Gasteiger partial charge in [-0.25, -0.2) is 8.42 Å². The highest BCUT2D eigenvalue weighted by Gasteiger charge is 2.28. The summed E-state index contributed by atoms with van der Waals surface area (Å²) in [5.74, 6) is 0. The van der Waals surface area contributed by atoms with Crippen molar-refractivity contribution >= 4 is 38.9 Å². The van der Waals surface area contributed by atoms with Gasteiger partial charge >= 0.3 is 0 Å². The topological polar surface area (TPSA) is 40.6 Å². The molecule has 0 bridgehead atoms. The average molecular weight is 385 g/mol. The van der Waals surface area contributed by atoms with Crippen molar-refractivity contribution in [2.75, 3.05) is 31.1 Å². The van der Waals surface area contributed by atoms with Crippen LogP contribution in [0.5, 0.6) is 0 Å². The Morgan fingerprint density at radius 1 is 0.875 bits per heavy atom. The predicted octanol–water partition coefficient (Wildman–Crippen LogP) is 3.81. The van der Waals surface area contributed by atoms with Crippen molar-refractivity contribution in [2.45, 2.75) is 11.8 Å². The number of benzene rings is 2. The Morgan fingerprint density at radius 3 is 2.04 bits per heavy atom. The zero-order chi connectivity index (χ0) is 17.3. The van der Waals surface area contributed by atoms with Crippen molar-refractivity contribution in [3.63, 3.8) is 0 Å². The smallest absolute Gasteiger partial charge is 0.243 e. The Morgan fingerprint density at radius 2 is 1.46 bits per heavy atom. The van der Waals surface area contributed by atoms with E-state index < -0.39 is 10.0 Å². The number of rotatable bonds is 3. The Hall–Kier alpha value is -1.27. The van der Waals surface area contributed by atoms with Crippen LogP contribution in [0.25, 0.3) is 0 Å². The van der Waals surface area contributed by atoms with Gasteiger partial charge in [-0.2, -0.15) is 4.31 Å². The van der Waals surface area contributed by atoms with Gasteiger partial charge in [-0.15, -0.1) is 0 Å². The van der Waals surface area contributed by atoms with Crippen LogP contribution in [0.3, 0.4) is 0 Å². The summed E-state index contributed by atoms with van der Waals surface area (Å²) in [4.78, 5) is 2.47. The average Bonchev–Trinajstić information content (AvgIpc) is 2.55. The van der Waals surface area contributed by atoms with Crippen molar-refractivity contribution in [1.82, 2.24) is 4.31 Å². The van der Waals surface area contributed by atoms with E-state index >= 15 is 0 Å². The molecule has 0 radical (unpaired) electrons. The van der Waals surface area contributed by atoms with Crippen LogP contribution in [0, 0.1) is 6.92 Å². The first kappa shape index (κ1) is 17.5. The Bertz CT molecular complexity index is 830. The zero-order valence-electron chi connectivity index (χ0n) is 13.2. The molecule has 1 aliphatic rings. The van der Waals surface area contributed by atoms with Crippen LogP contribution >= 0.6 is 23.2 Å². The molecule has 0 aromatic heterocycles. The fourth-order valence-electron chi connectivity index (χ4n) is 2.90. The molecular weight excluding hydrogens is 367 g/mol. The van der Waals surface area contributed by atoms with E-state index in [-0.39, 0.29) is 4.90 Å². The maximum atomic E-state index is 12.7. The van der Waals surface area contributed by atoms with E-state index in [1.54, 1.807) is 24.3 Å². The van der Waals surface area contributed by atoms with Gasteiger partial charge in [0.25, 0.3) is 0 Å². The van der Waals surface area contributed by atoms with E-state index in [0.717, 1.165) is 11.3 Å². The molecule has 24 heavy (non-hydrogen) atoms. The Kier molecular flexibility index (Phi) is 5.06. The highest BCUT2D eigenvalue weighted by molar-refractivity contribution is 7.89. The van der Waals surface area contributed by atoms with Crippen LogP contribution in [0.15, 0.2) is 47.4 Å². The number of hydrogen-bond acceptors (Lipinski definition) is 3. The molecule has 2 aromatic rings. The highest BCUT2D eigenvalue weighted by atomic mass is 35.5. The molecule has 0 atom stereocenters. The van der Waals surface area contributed by atoms with E-state index in [0.29, 0.717) is 36.2 Å². The monoisotopic (exact) mass is 384 g/mol. The number of nitrogens with zero attached hydrogens (tertiary/aromatic N) is 2. The van der Waals surface area contributed by atoms with Gasteiger partial charge < -0.3 is 4.90 Å². The number of piperazine rings is 1. The maximum absolute atomic E-state index is 12.7. The fraction of sp³-hybridized carbons (Fsp3) is 0.294. The normalized spacial score (nSPS) is 16.4.